The Morgan fingerprint density at radius 3 is 2.60 bits per heavy atom. The molecule has 2 aromatic heterocycles. The van der Waals surface area contributed by atoms with Crippen LogP contribution in [0.4, 0.5) is 0 Å². The highest BCUT2D eigenvalue weighted by molar-refractivity contribution is 7.16. The zero-order valence-corrected chi connectivity index (χ0v) is 21.6. The number of rotatable bonds is 14. The van der Waals surface area contributed by atoms with Crippen LogP contribution in [0.5, 0.6) is 11.5 Å². The molecule has 0 fully saturated rings. The number of likely N-dealkylation sites (N-methyl/N-ethyl adjacent to an activating group) is 1. The minimum absolute atomic E-state index is 0.0608. The molecule has 7 heteroatoms. The summed E-state index contributed by atoms with van der Waals surface area (Å²) in [6.45, 7) is 2.66. The SMILES string of the molecule is COc1cc(CCN(C)CCCCNC(=O)CC=Cc2ccc(-c3cccnc3)s2)cc(OC)c1. The maximum absolute atomic E-state index is 12.1. The molecule has 2 heterocycles. The molecule has 0 aliphatic carbocycles. The van der Waals surface area contributed by atoms with E-state index in [4.69, 9.17) is 9.47 Å². The number of unbranched alkanes of at least 4 members (excludes halogenated alkanes) is 1. The quantitative estimate of drug-likeness (QED) is 0.309. The van der Waals surface area contributed by atoms with Crippen LogP contribution in [0, 0.1) is 0 Å². The lowest BCUT2D eigenvalue weighted by molar-refractivity contribution is -0.120. The van der Waals surface area contributed by atoms with Gasteiger partial charge in [0, 0.05) is 53.3 Å². The lowest BCUT2D eigenvalue weighted by atomic mass is 10.1. The highest BCUT2D eigenvalue weighted by Gasteiger charge is 2.05. The van der Waals surface area contributed by atoms with Gasteiger partial charge in [0.2, 0.25) is 5.91 Å². The molecule has 0 bridgehead atoms. The van der Waals surface area contributed by atoms with E-state index >= 15 is 0 Å². The molecule has 3 aromatic rings. The van der Waals surface area contributed by atoms with Crippen molar-refractivity contribution in [1.82, 2.24) is 15.2 Å². The first-order valence-electron chi connectivity index (χ1n) is 11.9. The summed E-state index contributed by atoms with van der Waals surface area (Å²) in [5.41, 5.74) is 2.31. The molecule has 0 radical (unpaired) electrons. The van der Waals surface area contributed by atoms with Gasteiger partial charge in [-0.2, -0.15) is 0 Å². The summed E-state index contributed by atoms with van der Waals surface area (Å²) in [6, 6.07) is 14.1. The van der Waals surface area contributed by atoms with Crippen LogP contribution in [-0.2, 0) is 11.2 Å². The van der Waals surface area contributed by atoms with Crippen molar-refractivity contribution in [2.45, 2.75) is 25.7 Å². The third kappa shape index (κ3) is 9.19. The van der Waals surface area contributed by atoms with Crippen LogP contribution in [0.2, 0.25) is 0 Å². The van der Waals surface area contributed by atoms with Gasteiger partial charge in [-0.25, -0.2) is 0 Å². The number of aromatic nitrogens is 1. The van der Waals surface area contributed by atoms with Crippen LogP contribution in [0.25, 0.3) is 16.5 Å². The molecular weight excluding hydrogens is 458 g/mol. The van der Waals surface area contributed by atoms with Crippen molar-refractivity contribution < 1.29 is 14.3 Å². The van der Waals surface area contributed by atoms with Gasteiger partial charge in [0.15, 0.2) is 0 Å². The molecule has 0 aliphatic heterocycles. The first kappa shape index (κ1) is 26.4. The number of methoxy groups -OCH3 is 2. The third-order valence-corrected chi connectivity index (χ3v) is 6.74. The molecule has 1 aromatic carbocycles. The maximum atomic E-state index is 12.1. The smallest absolute Gasteiger partial charge is 0.223 e. The van der Waals surface area contributed by atoms with Gasteiger partial charge < -0.3 is 19.7 Å². The van der Waals surface area contributed by atoms with Crippen molar-refractivity contribution in [3.05, 3.63) is 71.4 Å². The zero-order chi connectivity index (χ0) is 24.9. The second-order valence-electron chi connectivity index (χ2n) is 8.38. The number of carbonyl (C=O) groups is 1. The van der Waals surface area contributed by atoms with Crippen molar-refractivity contribution >= 4 is 23.3 Å². The molecule has 186 valence electrons. The lowest BCUT2D eigenvalue weighted by Gasteiger charge is -2.17. The Morgan fingerprint density at radius 2 is 1.89 bits per heavy atom. The Balaban J connectivity index is 1.28. The first-order valence-corrected chi connectivity index (χ1v) is 12.7. The van der Waals surface area contributed by atoms with E-state index in [0.717, 1.165) is 54.3 Å². The predicted molar refractivity (Wildman–Crippen MR) is 144 cm³/mol. The van der Waals surface area contributed by atoms with Crippen molar-refractivity contribution in [2.75, 3.05) is 40.9 Å². The maximum Gasteiger partial charge on any atom is 0.223 e. The molecule has 35 heavy (non-hydrogen) atoms. The fraction of sp³-hybridized carbons (Fsp3) is 0.357. The number of nitrogens with zero attached hydrogens (tertiary/aromatic N) is 2. The number of carbonyl (C=O) groups excluding carboxylic acids is 1. The summed E-state index contributed by atoms with van der Waals surface area (Å²) in [5, 5.41) is 3.02. The Hall–Kier alpha value is -3.16. The molecule has 0 atom stereocenters. The van der Waals surface area contributed by atoms with Crippen LogP contribution in [0.3, 0.4) is 0 Å². The van der Waals surface area contributed by atoms with E-state index in [1.165, 1.54) is 10.4 Å². The van der Waals surface area contributed by atoms with Crippen molar-refractivity contribution in [2.24, 2.45) is 0 Å². The van der Waals surface area contributed by atoms with Crippen molar-refractivity contribution in [3.63, 3.8) is 0 Å². The molecule has 6 nitrogen and oxygen atoms in total. The van der Waals surface area contributed by atoms with E-state index in [0.29, 0.717) is 13.0 Å². The second-order valence-corrected chi connectivity index (χ2v) is 9.50. The van der Waals surface area contributed by atoms with Gasteiger partial charge in [0.25, 0.3) is 0 Å². The average Bonchev–Trinajstić information content (AvgIpc) is 3.36. The highest BCUT2D eigenvalue weighted by atomic mass is 32.1. The molecule has 1 N–H and O–H groups in total. The summed E-state index contributed by atoms with van der Waals surface area (Å²) >= 11 is 1.70. The summed E-state index contributed by atoms with van der Waals surface area (Å²) < 4.78 is 10.7. The number of ether oxygens (including phenoxy) is 2. The van der Waals surface area contributed by atoms with Gasteiger partial charge in [-0.05, 0) is 74.8 Å². The average molecular weight is 494 g/mol. The molecular formula is C28H35N3O3S. The topological polar surface area (TPSA) is 63.7 Å². The summed E-state index contributed by atoms with van der Waals surface area (Å²) in [7, 11) is 5.47. The van der Waals surface area contributed by atoms with Crippen molar-refractivity contribution in [1.29, 1.82) is 0 Å². The minimum atomic E-state index is 0.0608. The first-order chi connectivity index (χ1) is 17.1. The number of thiophene rings is 1. The second kappa shape index (κ2) is 14.3. The predicted octanol–water partition coefficient (Wildman–Crippen LogP) is 5.30. The molecule has 0 spiro atoms. The molecule has 0 aliphatic rings. The van der Waals surface area contributed by atoms with E-state index in [-0.39, 0.29) is 5.91 Å². The minimum Gasteiger partial charge on any atom is -0.497 e. The molecule has 1 amide bonds. The van der Waals surface area contributed by atoms with Gasteiger partial charge >= 0.3 is 0 Å². The zero-order valence-electron chi connectivity index (χ0n) is 20.8. The van der Waals surface area contributed by atoms with E-state index < -0.39 is 0 Å². The molecule has 0 saturated carbocycles. The van der Waals surface area contributed by atoms with E-state index in [1.807, 2.05) is 30.5 Å². The van der Waals surface area contributed by atoms with Gasteiger partial charge in [-0.3, -0.25) is 9.78 Å². The monoisotopic (exact) mass is 493 g/mol. The number of nitrogens with one attached hydrogen (secondary N) is 1. The summed E-state index contributed by atoms with van der Waals surface area (Å²) in [6.07, 6.45) is 10.9. The number of pyridine rings is 1. The fourth-order valence-electron chi connectivity index (χ4n) is 3.64. The number of amides is 1. The Bertz CT molecular complexity index is 1060. The summed E-state index contributed by atoms with van der Waals surface area (Å²) in [4.78, 5) is 20.9. The van der Waals surface area contributed by atoms with E-state index in [9.17, 15) is 4.79 Å². The van der Waals surface area contributed by atoms with Gasteiger partial charge in [0.05, 0.1) is 14.2 Å². The third-order valence-electron chi connectivity index (χ3n) is 5.64. The van der Waals surface area contributed by atoms with E-state index in [1.54, 1.807) is 31.8 Å². The van der Waals surface area contributed by atoms with Crippen molar-refractivity contribution in [3.8, 4) is 21.9 Å². The van der Waals surface area contributed by atoms with Crippen LogP contribution in [0.1, 0.15) is 29.7 Å². The van der Waals surface area contributed by atoms with Gasteiger partial charge in [-0.15, -0.1) is 11.3 Å². The Morgan fingerprint density at radius 1 is 1.09 bits per heavy atom. The highest BCUT2D eigenvalue weighted by Crippen LogP contribution is 2.28. The van der Waals surface area contributed by atoms with Gasteiger partial charge in [-0.1, -0.05) is 12.1 Å². The Kier molecular flexibility index (Phi) is 10.8. The van der Waals surface area contributed by atoms with Crippen LogP contribution in [0.15, 0.2) is 60.9 Å². The van der Waals surface area contributed by atoms with Crippen LogP contribution >= 0.6 is 11.3 Å². The van der Waals surface area contributed by atoms with Gasteiger partial charge in [0.1, 0.15) is 11.5 Å². The fourth-order valence-corrected chi connectivity index (χ4v) is 4.57. The molecule has 0 unspecified atom stereocenters. The number of hydrogen-bond donors (Lipinski definition) is 1. The molecule has 3 rings (SSSR count). The van der Waals surface area contributed by atoms with Crippen LogP contribution < -0.4 is 14.8 Å². The number of hydrogen-bond acceptors (Lipinski definition) is 6. The molecule has 0 saturated heterocycles. The Labute approximate surface area is 212 Å². The van der Waals surface area contributed by atoms with Crippen LogP contribution in [-0.4, -0.2) is 56.7 Å². The standard InChI is InChI=1S/C28H35N3O3S/c1-31(17-13-22-18-24(33-2)20-25(19-22)34-3)16-5-4-15-30-28(32)10-6-9-26-11-12-27(35-26)23-8-7-14-29-21-23/h6-9,11-12,14,18-21H,4-5,10,13,15-17H2,1-3H3,(H,30,32). The number of benzene rings is 1. The van der Waals surface area contributed by atoms with E-state index in [2.05, 4.69) is 52.6 Å². The normalized spacial score (nSPS) is 11.2. The summed E-state index contributed by atoms with van der Waals surface area (Å²) in [5.74, 6) is 1.69. The largest absolute Gasteiger partial charge is 0.497 e. The lowest BCUT2D eigenvalue weighted by Crippen LogP contribution is -2.26.